The Morgan fingerprint density at radius 3 is 2.35 bits per heavy atom. The zero-order valence-corrected chi connectivity index (χ0v) is 17.9. The van der Waals surface area contributed by atoms with E-state index < -0.39 is 0 Å². The lowest BCUT2D eigenvalue weighted by molar-refractivity contribution is 0.146. The second kappa shape index (κ2) is 10.4. The number of thioether (sulfide) groups is 1. The Kier molecular flexibility index (Phi) is 7.39. The average molecular weight is 433 g/mol. The number of nitrogen functional groups attached to an aromatic ring is 1. The summed E-state index contributed by atoms with van der Waals surface area (Å²) in [7, 11) is 1.60. The maximum Gasteiger partial charge on any atom is 0.143 e. The molecule has 2 aromatic heterocycles. The predicted molar refractivity (Wildman–Crippen MR) is 117 cm³/mol. The second-order valence-electron chi connectivity index (χ2n) is 6.38. The van der Waals surface area contributed by atoms with E-state index in [1.54, 1.807) is 49.8 Å². The molecule has 1 atom stereocenters. The zero-order valence-electron chi connectivity index (χ0n) is 17.1. The predicted octanol–water partition coefficient (Wildman–Crippen LogP) is 3.74. The van der Waals surface area contributed by atoms with Crippen molar-refractivity contribution in [3.63, 3.8) is 0 Å². The van der Waals surface area contributed by atoms with E-state index in [4.69, 9.17) is 15.2 Å². The van der Waals surface area contributed by atoms with E-state index in [2.05, 4.69) is 27.1 Å². The van der Waals surface area contributed by atoms with Crippen LogP contribution in [0.2, 0.25) is 0 Å². The van der Waals surface area contributed by atoms with Crippen molar-refractivity contribution >= 4 is 17.6 Å². The van der Waals surface area contributed by atoms with Crippen LogP contribution in [0.25, 0.3) is 11.1 Å². The molecule has 3 rings (SSSR count). The van der Waals surface area contributed by atoms with Gasteiger partial charge >= 0.3 is 0 Å². The summed E-state index contributed by atoms with van der Waals surface area (Å²) in [6.45, 7) is 2.82. The molecule has 8 nitrogen and oxygen atoms in total. The van der Waals surface area contributed by atoms with Gasteiger partial charge in [-0.05, 0) is 30.7 Å². The standard InChI is InChI=1S/C22H20N6O2S/c1-14(21-26-8-3-9-27-21)31-22-18(13-24)19(17(12-23)20(25)28-22)15-4-6-16(7-5-15)30-11-10-29-2/h3-9,14H,10-11H2,1-2H3,(H2,25,28)/t14-/m0/s1. The van der Waals surface area contributed by atoms with Gasteiger partial charge in [0.05, 0.1) is 17.4 Å². The molecule has 0 unspecified atom stereocenters. The Bertz CT molecular complexity index is 1120. The minimum absolute atomic E-state index is 0.0700. The number of nitrogens with two attached hydrogens (primary N) is 1. The normalized spacial score (nSPS) is 11.4. The van der Waals surface area contributed by atoms with E-state index in [0.29, 0.717) is 40.9 Å². The Morgan fingerprint density at radius 2 is 1.74 bits per heavy atom. The van der Waals surface area contributed by atoms with Gasteiger partial charge in [0.25, 0.3) is 0 Å². The fourth-order valence-corrected chi connectivity index (χ4v) is 3.85. The Balaban J connectivity index is 2.01. The van der Waals surface area contributed by atoms with E-state index in [0.717, 1.165) is 0 Å². The average Bonchev–Trinajstić information content (AvgIpc) is 2.80. The highest BCUT2D eigenvalue weighted by molar-refractivity contribution is 7.99. The van der Waals surface area contributed by atoms with Crippen LogP contribution in [0.4, 0.5) is 5.82 Å². The van der Waals surface area contributed by atoms with Gasteiger partial charge in [-0.1, -0.05) is 23.9 Å². The minimum Gasteiger partial charge on any atom is -0.491 e. The molecule has 0 amide bonds. The molecule has 0 saturated heterocycles. The Labute approximate surface area is 184 Å². The first kappa shape index (κ1) is 22.0. The van der Waals surface area contributed by atoms with Gasteiger partial charge in [0, 0.05) is 25.1 Å². The van der Waals surface area contributed by atoms with Crippen LogP contribution in [0.15, 0.2) is 47.8 Å². The fraction of sp³-hybridized carbons (Fsp3) is 0.227. The van der Waals surface area contributed by atoms with Crippen LogP contribution in [0, 0.1) is 22.7 Å². The lowest BCUT2D eigenvalue weighted by Gasteiger charge is -2.15. The van der Waals surface area contributed by atoms with Gasteiger partial charge < -0.3 is 15.2 Å². The van der Waals surface area contributed by atoms with Gasteiger partial charge in [0.1, 0.15) is 46.7 Å². The van der Waals surface area contributed by atoms with Crippen LogP contribution in [0.5, 0.6) is 5.75 Å². The van der Waals surface area contributed by atoms with E-state index in [1.807, 2.05) is 6.92 Å². The molecule has 0 aliphatic heterocycles. The molecule has 3 aromatic rings. The van der Waals surface area contributed by atoms with Gasteiger partial charge in [-0.3, -0.25) is 0 Å². The quantitative estimate of drug-likeness (QED) is 0.417. The molecule has 156 valence electrons. The number of aromatic nitrogens is 3. The summed E-state index contributed by atoms with van der Waals surface area (Å²) in [6, 6.07) is 13.1. The van der Waals surface area contributed by atoms with Crippen LogP contribution in [-0.2, 0) is 4.74 Å². The monoisotopic (exact) mass is 432 g/mol. The smallest absolute Gasteiger partial charge is 0.143 e. The van der Waals surface area contributed by atoms with Gasteiger partial charge in [0.15, 0.2) is 0 Å². The molecule has 0 saturated carbocycles. The summed E-state index contributed by atoms with van der Waals surface area (Å²) in [4.78, 5) is 12.9. The van der Waals surface area contributed by atoms with Gasteiger partial charge in [-0.15, -0.1) is 0 Å². The Hall–Kier alpha value is -3.66. The van der Waals surface area contributed by atoms with Crippen LogP contribution in [0.1, 0.15) is 29.1 Å². The van der Waals surface area contributed by atoms with Crippen molar-refractivity contribution in [2.24, 2.45) is 0 Å². The third-order valence-corrected chi connectivity index (χ3v) is 5.44. The van der Waals surface area contributed by atoms with Crippen LogP contribution in [0.3, 0.4) is 0 Å². The van der Waals surface area contributed by atoms with Crippen LogP contribution in [-0.4, -0.2) is 35.3 Å². The third kappa shape index (κ3) is 5.10. The molecule has 1 aromatic carbocycles. The summed E-state index contributed by atoms with van der Waals surface area (Å²) >= 11 is 1.32. The molecule has 0 spiro atoms. The SMILES string of the molecule is COCCOc1ccc(-c2c(C#N)c(N)nc(S[C@@H](C)c3ncccn3)c2C#N)cc1. The zero-order chi connectivity index (χ0) is 22.2. The van der Waals surface area contributed by atoms with E-state index in [-0.39, 0.29) is 22.2 Å². The van der Waals surface area contributed by atoms with Crippen LogP contribution < -0.4 is 10.5 Å². The molecule has 0 fully saturated rings. The lowest BCUT2D eigenvalue weighted by atomic mass is 9.97. The summed E-state index contributed by atoms with van der Waals surface area (Å²) in [5.74, 6) is 1.34. The summed E-state index contributed by atoms with van der Waals surface area (Å²) < 4.78 is 10.6. The fourth-order valence-electron chi connectivity index (χ4n) is 2.87. The number of hydrogen-bond donors (Lipinski definition) is 1. The van der Waals surface area contributed by atoms with Crippen molar-refractivity contribution in [3.8, 4) is 29.0 Å². The maximum atomic E-state index is 9.93. The molecular formula is C22H20N6O2S. The van der Waals surface area contributed by atoms with Gasteiger partial charge in [-0.2, -0.15) is 10.5 Å². The number of ether oxygens (including phenoxy) is 2. The molecular weight excluding hydrogens is 412 g/mol. The van der Waals surface area contributed by atoms with Gasteiger partial charge in [-0.25, -0.2) is 15.0 Å². The summed E-state index contributed by atoms with van der Waals surface area (Å²) in [6.07, 6.45) is 3.32. The molecule has 0 aliphatic rings. The Morgan fingerprint density at radius 1 is 1.06 bits per heavy atom. The molecule has 2 heterocycles. The topological polar surface area (TPSA) is 131 Å². The van der Waals surface area contributed by atoms with Crippen molar-refractivity contribution in [1.29, 1.82) is 10.5 Å². The summed E-state index contributed by atoms with van der Waals surface area (Å²) in [5.41, 5.74) is 7.66. The highest BCUT2D eigenvalue weighted by Gasteiger charge is 2.23. The first-order valence-electron chi connectivity index (χ1n) is 9.38. The van der Waals surface area contributed by atoms with E-state index in [9.17, 15) is 10.5 Å². The number of methoxy groups -OCH3 is 1. The number of nitrogens with zero attached hydrogens (tertiary/aromatic N) is 5. The number of benzene rings is 1. The van der Waals surface area contributed by atoms with Crippen LogP contribution >= 0.6 is 11.8 Å². The number of rotatable bonds is 8. The first-order chi connectivity index (χ1) is 15.1. The second-order valence-corrected chi connectivity index (χ2v) is 7.71. The minimum atomic E-state index is -0.169. The highest BCUT2D eigenvalue weighted by Crippen LogP contribution is 2.40. The molecule has 2 N–H and O–H groups in total. The van der Waals surface area contributed by atoms with E-state index >= 15 is 0 Å². The molecule has 9 heteroatoms. The first-order valence-corrected chi connectivity index (χ1v) is 10.3. The number of nitriles is 2. The third-order valence-electron chi connectivity index (χ3n) is 4.35. The van der Waals surface area contributed by atoms with Crippen molar-refractivity contribution in [2.75, 3.05) is 26.1 Å². The van der Waals surface area contributed by atoms with Crippen molar-refractivity contribution in [2.45, 2.75) is 17.2 Å². The maximum absolute atomic E-state index is 9.93. The number of pyridine rings is 1. The number of anilines is 1. The molecule has 0 aliphatic carbocycles. The highest BCUT2D eigenvalue weighted by atomic mass is 32.2. The largest absolute Gasteiger partial charge is 0.491 e. The van der Waals surface area contributed by atoms with Crippen molar-refractivity contribution < 1.29 is 9.47 Å². The van der Waals surface area contributed by atoms with Gasteiger partial charge in [0.2, 0.25) is 0 Å². The summed E-state index contributed by atoms with van der Waals surface area (Å²) in [5, 5.41) is 19.9. The molecule has 31 heavy (non-hydrogen) atoms. The lowest BCUT2D eigenvalue weighted by Crippen LogP contribution is -2.05. The van der Waals surface area contributed by atoms with E-state index in [1.165, 1.54) is 11.8 Å². The molecule has 0 bridgehead atoms. The van der Waals surface area contributed by atoms with Crippen molar-refractivity contribution in [3.05, 3.63) is 59.7 Å². The number of hydrogen-bond acceptors (Lipinski definition) is 9. The molecule has 0 radical (unpaired) electrons. The van der Waals surface area contributed by atoms with Crippen molar-refractivity contribution in [1.82, 2.24) is 15.0 Å².